The monoisotopic (exact) mass is 216 g/mol. The molecule has 2 rings (SSSR count). The van der Waals surface area contributed by atoms with Gasteiger partial charge in [-0.15, -0.1) is 0 Å². The van der Waals surface area contributed by atoms with Gasteiger partial charge in [0.2, 0.25) is 0 Å². The van der Waals surface area contributed by atoms with Crippen molar-refractivity contribution in [2.24, 2.45) is 0 Å². The van der Waals surface area contributed by atoms with Crippen LogP contribution in [0.3, 0.4) is 0 Å². The lowest BCUT2D eigenvalue weighted by Gasteiger charge is -2.07. The second-order valence-corrected chi connectivity index (χ2v) is 3.81. The van der Waals surface area contributed by atoms with Crippen LogP contribution in [0.25, 0.3) is 11.1 Å². The first-order chi connectivity index (χ1) is 7.70. The second kappa shape index (κ2) is 4.45. The Bertz CT molecular complexity index is 506. The SMILES string of the molecule is Cc1ccc(-c2cccc(F)c2)cc1CO. The summed E-state index contributed by atoms with van der Waals surface area (Å²) in [7, 11) is 0. The first-order valence-corrected chi connectivity index (χ1v) is 5.17. The van der Waals surface area contributed by atoms with E-state index in [0.29, 0.717) is 0 Å². The number of halogens is 1. The van der Waals surface area contributed by atoms with Gasteiger partial charge in [0.15, 0.2) is 0 Å². The topological polar surface area (TPSA) is 20.2 Å². The van der Waals surface area contributed by atoms with E-state index in [0.717, 1.165) is 22.3 Å². The molecule has 16 heavy (non-hydrogen) atoms. The number of benzene rings is 2. The van der Waals surface area contributed by atoms with E-state index in [2.05, 4.69) is 0 Å². The van der Waals surface area contributed by atoms with E-state index < -0.39 is 0 Å². The summed E-state index contributed by atoms with van der Waals surface area (Å²) >= 11 is 0. The van der Waals surface area contributed by atoms with Gasteiger partial charge >= 0.3 is 0 Å². The zero-order valence-electron chi connectivity index (χ0n) is 9.07. The predicted molar refractivity (Wildman–Crippen MR) is 62.5 cm³/mol. The average Bonchev–Trinajstić information content (AvgIpc) is 2.29. The van der Waals surface area contributed by atoms with Crippen LogP contribution in [0.5, 0.6) is 0 Å². The first-order valence-electron chi connectivity index (χ1n) is 5.17. The van der Waals surface area contributed by atoms with Crippen LogP contribution in [0.1, 0.15) is 11.1 Å². The largest absolute Gasteiger partial charge is 0.392 e. The quantitative estimate of drug-likeness (QED) is 0.816. The molecule has 1 nitrogen and oxygen atoms in total. The van der Waals surface area contributed by atoms with Crippen molar-refractivity contribution in [1.29, 1.82) is 0 Å². The third-order valence-corrected chi connectivity index (χ3v) is 2.68. The van der Waals surface area contributed by atoms with Gasteiger partial charge in [-0.1, -0.05) is 24.3 Å². The summed E-state index contributed by atoms with van der Waals surface area (Å²) < 4.78 is 13.1. The Balaban J connectivity index is 2.48. The summed E-state index contributed by atoms with van der Waals surface area (Å²) in [5.41, 5.74) is 3.67. The zero-order valence-corrected chi connectivity index (χ0v) is 9.07. The molecule has 0 heterocycles. The fraction of sp³-hybridized carbons (Fsp3) is 0.143. The van der Waals surface area contributed by atoms with Crippen LogP contribution < -0.4 is 0 Å². The Labute approximate surface area is 94.2 Å². The van der Waals surface area contributed by atoms with E-state index in [4.69, 9.17) is 0 Å². The van der Waals surface area contributed by atoms with Crippen LogP contribution in [0.2, 0.25) is 0 Å². The molecule has 0 saturated heterocycles. The number of aliphatic hydroxyl groups is 1. The Kier molecular flexibility index (Phi) is 3.02. The van der Waals surface area contributed by atoms with E-state index >= 15 is 0 Å². The summed E-state index contributed by atoms with van der Waals surface area (Å²) in [5.74, 6) is -0.247. The summed E-state index contributed by atoms with van der Waals surface area (Å²) in [6.07, 6.45) is 0. The normalized spacial score (nSPS) is 10.4. The van der Waals surface area contributed by atoms with E-state index in [9.17, 15) is 9.50 Å². The Morgan fingerprint density at radius 3 is 2.50 bits per heavy atom. The standard InChI is InChI=1S/C14H13FO/c1-10-5-6-12(7-13(10)9-16)11-3-2-4-14(15)8-11/h2-8,16H,9H2,1H3. The Morgan fingerprint density at radius 2 is 1.81 bits per heavy atom. The van der Waals surface area contributed by atoms with E-state index in [1.165, 1.54) is 12.1 Å². The van der Waals surface area contributed by atoms with Crippen molar-refractivity contribution in [3.8, 4) is 11.1 Å². The number of aliphatic hydroxyl groups excluding tert-OH is 1. The zero-order chi connectivity index (χ0) is 11.5. The number of hydrogen-bond acceptors (Lipinski definition) is 1. The van der Waals surface area contributed by atoms with E-state index in [1.54, 1.807) is 6.07 Å². The molecule has 0 radical (unpaired) electrons. The molecule has 0 fully saturated rings. The van der Waals surface area contributed by atoms with Gasteiger partial charge in [0, 0.05) is 0 Å². The van der Waals surface area contributed by atoms with Gasteiger partial charge in [0.1, 0.15) is 5.82 Å². The lowest BCUT2D eigenvalue weighted by molar-refractivity contribution is 0.281. The van der Waals surface area contributed by atoms with Crippen LogP contribution in [0.4, 0.5) is 4.39 Å². The molecule has 2 aromatic rings. The lowest BCUT2D eigenvalue weighted by atomic mass is 10.00. The summed E-state index contributed by atoms with van der Waals surface area (Å²) in [5, 5.41) is 9.17. The van der Waals surface area contributed by atoms with Gasteiger partial charge < -0.3 is 5.11 Å². The maximum atomic E-state index is 13.1. The highest BCUT2D eigenvalue weighted by molar-refractivity contribution is 5.64. The van der Waals surface area contributed by atoms with Gasteiger partial charge in [0.25, 0.3) is 0 Å². The van der Waals surface area contributed by atoms with Crippen molar-refractivity contribution in [1.82, 2.24) is 0 Å². The summed E-state index contributed by atoms with van der Waals surface area (Å²) in [4.78, 5) is 0. The molecule has 2 heteroatoms. The maximum Gasteiger partial charge on any atom is 0.123 e. The molecule has 0 aliphatic carbocycles. The molecule has 0 bridgehead atoms. The lowest BCUT2D eigenvalue weighted by Crippen LogP contribution is -1.89. The van der Waals surface area contributed by atoms with Crippen LogP contribution in [-0.2, 0) is 6.61 Å². The van der Waals surface area contributed by atoms with Crippen molar-refractivity contribution >= 4 is 0 Å². The van der Waals surface area contributed by atoms with Crippen molar-refractivity contribution in [2.75, 3.05) is 0 Å². The highest BCUT2D eigenvalue weighted by Crippen LogP contribution is 2.23. The van der Waals surface area contributed by atoms with Crippen molar-refractivity contribution in [3.05, 3.63) is 59.4 Å². The molecule has 1 N–H and O–H groups in total. The molecular weight excluding hydrogens is 203 g/mol. The van der Waals surface area contributed by atoms with Crippen LogP contribution in [-0.4, -0.2) is 5.11 Å². The minimum atomic E-state index is -0.247. The van der Waals surface area contributed by atoms with Gasteiger partial charge in [-0.05, 0) is 47.4 Å². The maximum absolute atomic E-state index is 13.1. The van der Waals surface area contributed by atoms with Crippen molar-refractivity contribution < 1.29 is 9.50 Å². The van der Waals surface area contributed by atoms with Crippen LogP contribution in [0.15, 0.2) is 42.5 Å². The predicted octanol–water partition coefficient (Wildman–Crippen LogP) is 3.29. The minimum Gasteiger partial charge on any atom is -0.392 e. The molecular formula is C14H13FO. The number of hydrogen-bond donors (Lipinski definition) is 1. The first kappa shape index (κ1) is 10.8. The molecule has 82 valence electrons. The molecule has 0 spiro atoms. The molecule has 0 saturated carbocycles. The Morgan fingerprint density at radius 1 is 1.06 bits per heavy atom. The minimum absolute atomic E-state index is 0.00892. The molecule has 0 aliphatic heterocycles. The van der Waals surface area contributed by atoms with Gasteiger partial charge in [-0.2, -0.15) is 0 Å². The van der Waals surface area contributed by atoms with Crippen molar-refractivity contribution in [3.63, 3.8) is 0 Å². The molecule has 0 aromatic heterocycles. The average molecular weight is 216 g/mol. The molecule has 0 amide bonds. The van der Waals surface area contributed by atoms with Gasteiger partial charge in [-0.25, -0.2) is 4.39 Å². The summed E-state index contributed by atoms with van der Waals surface area (Å²) in [6, 6.07) is 12.2. The highest BCUT2D eigenvalue weighted by atomic mass is 19.1. The van der Waals surface area contributed by atoms with E-state index in [1.807, 2.05) is 31.2 Å². The van der Waals surface area contributed by atoms with Crippen LogP contribution >= 0.6 is 0 Å². The molecule has 2 aromatic carbocycles. The number of rotatable bonds is 2. The molecule has 0 atom stereocenters. The second-order valence-electron chi connectivity index (χ2n) is 3.81. The fourth-order valence-corrected chi connectivity index (χ4v) is 1.69. The fourth-order valence-electron chi connectivity index (χ4n) is 1.69. The number of aryl methyl sites for hydroxylation is 1. The third kappa shape index (κ3) is 2.12. The van der Waals surface area contributed by atoms with Crippen molar-refractivity contribution in [2.45, 2.75) is 13.5 Å². The highest BCUT2D eigenvalue weighted by Gasteiger charge is 2.02. The van der Waals surface area contributed by atoms with Crippen LogP contribution in [0, 0.1) is 12.7 Å². The Hall–Kier alpha value is -1.67. The third-order valence-electron chi connectivity index (χ3n) is 2.68. The molecule has 0 unspecified atom stereocenters. The smallest absolute Gasteiger partial charge is 0.123 e. The van der Waals surface area contributed by atoms with Gasteiger partial charge in [-0.3, -0.25) is 0 Å². The van der Waals surface area contributed by atoms with E-state index in [-0.39, 0.29) is 12.4 Å². The van der Waals surface area contributed by atoms with Gasteiger partial charge in [0.05, 0.1) is 6.61 Å². The summed E-state index contributed by atoms with van der Waals surface area (Å²) in [6.45, 7) is 1.95. The molecule has 0 aliphatic rings.